The van der Waals surface area contributed by atoms with Crippen LogP contribution >= 0.6 is 22.6 Å². The van der Waals surface area contributed by atoms with Gasteiger partial charge in [-0.3, -0.25) is 4.79 Å². The summed E-state index contributed by atoms with van der Waals surface area (Å²) >= 11 is 2.41. The molecule has 0 saturated heterocycles. The summed E-state index contributed by atoms with van der Waals surface area (Å²) in [6, 6.07) is 10.2. The van der Waals surface area contributed by atoms with Crippen LogP contribution in [0, 0.1) is 3.70 Å². The van der Waals surface area contributed by atoms with Crippen LogP contribution in [-0.2, 0) is 11.3 Å². The molecule has 23 heavy (non-hydrogen) atoms. The topological polar surface area (TPSA) is 34.0 Å². The Kier molecular flexibility index (Phi) is 5.20. The highest BCUT2D eigenvalue weighted by atomic mass is 127. The number of fused-ring (bicyclic) bond motifs is 4. The van der Waals surface area contributed by atoms with Crippen molar-refractivity contribution in [3.05, 3.63) is 51.9 Å². The van der Waals surface area contributed by atoms with Crippen molar-refractivity contribution in [1.82, 2.24) is 4.57 Å². The minimum absolute atomic E-state index is 0.0884. The third-order valence-corrected chi connectivity index (χ3v) is 5.57. The van der Waals surface area contributed by atoms with E-state index in [0.717, 1.165) is 37.1 Å². The molecule has 1 aromatic heterocycles. The first kappa shape index (κ1) is 16.3. The van der Waals surface area contributed by atoms with E-state index in [1.165, 1.54) is 14.8 Å². The maximum atomic E-state index is 12.3. The Labute approximate surface area is 150 Å². The number of para-hydroxylation sites is 1. The van der Waals surface area contributed by atoms with Crippen molar-refractivity contribution in [3.8, 4) is 11.1 Å². The maximum Gasteiger partial charge on any atom is 0.224 e. The predicted molar refractivity (Wildman–Crippen MR) is 103 cm³/mol. The number of amides is 1. The molecule has 1 N–H and O–H groups in total. The van der Waals surface area contributed by atoms with Crippen LogP contribution in [0.4, 0.5) is 5.69 Å². The van der Waals surface area contributed by atoms with E-state index in [1.807, 2.05) is 18.2 Å². The smallest absolute Gasteiger partial charge is 0.224 e. The number of anilines is 1. The molecule has 0 aliphatic carbocycles. The average Bonchev–Trinajstić information content (AvgIpc) is 2.92. The molecule has 120 valence electrons. The average molecular weight is 420 g/mol. The zero-order valence-electron chi connectivity index (χ0n) is 13.3. The second-order valence-electron chi connectivity index (χ2n) is 5.86. The minimum atomic E-state index is 0.0884. The summed E-state index contributed by atoms with van der Waals surface area (Å²) < 4.78 is 3.53. The Morgan fingerprint density at radius 3 is 2.78 bits per heavy atom. The molecule has 4 heteroatoms. The molecule has 0 spiro atoms. The summed E-state index contributed by atoms with van der Waals surface area (Å²) in [6.45, 7) is 3.08. The van der Waals surface area contributed by atoms with Gasteiger partial charge in [-0.05, 0) is 60.9 Å². The van der Waals surface area contributed by atoms with Crippen molar-refractivity contribution in [2.24, 2.45) is 0 Å². The Morgan fingerprint density at radius 2 is 1.96 bits per heavy atom. The standard InChI is InChI=1S/C19H21IN2O/c1-2-14-6-5-12-22-13-11-16(19(22)20)15-7-3-4-8-17(15)21-18(23)10-9-14/h2-4,7-8,11,13H,5-6,9-10,12H2,1H3,(H,21,23)/b14-2-. The number of allylic oxidation sites excluding steroid dienone is 2. The van der Waals surface area contributed by atoms with Gasteiger partial charge in [0, 0.05) is 36.0 Å². The minimum Gasteiger partial charge on any atom is -0.343 e. The zero-order chi connectivity index (χ0) is 16.2. The number of benzene rings is 1. The van der Waals surface area contributed by atoms with E-state index in [2.05, 4.69) is 63.8 Å². The molecule has 0 saturated carbocycles. The van der Waals surface area contributed by atoms with Crippen molar-refractivity contribution >= 4 is 34.2 Å². The first-order valence-electron chi connectivity index (χ1n) is 8.07. The Bertz CT molecular complexity index is 746. The summed E-state index contributed by atoms with van der Waals surface area (Å²) in [6.07, 6.45) is 7.86. The van der Waals surface area contributed by atoms with E-state index in [4.69, 9.17) is 0 Å². The first-order chi connectivity index (χ1) is 11.2. The molecule has 2 heterocycles. The Balaban J connectivity index is 2.01. The van der Waals surface area contributed by atoms with Gasteiger partial charge in [-0.2, -0.15) is 0 Å². The number of carbonyl (C=O) groups is 1. The van der Waals surface area contributed by atoms with Crippen molar-refractivity contribution < 1.29 is 4.79 Å². The lowest BCUT2D eigenvalue weighted by Crippen LogP contribution is -2.12. The molecule has 1 aromatic carbocycles. The molecular weight excluding hydrogens is 399 g/mol. The van der Waals surface area contributed by atoms with Gasteiger partial charge in [-0.25, -0.2) is 0 Å². The molecule has 0 fully saturated rings. The summed E-state index contributed by atoms with van der Waals surface area (Å²) in [7, 11) is 0. The van der Waals surface area contributed by atoms with Crippen LogP contribution < -0.4 is 5.32 Å². The molecule has 3 rings (SSSR count). The lowest BCUT2D eigenvalue weighted by Gasteiger charge is -2.11. The van der Waals surface area contributed by atoms with Crippen molar-refractivity contribution in [3.63, 3.8) is 0 Å². The molecule has 3 nitrogen and oxygen atoms in total. The van der Waals surface area contributed by atoms with Crippen molar-refractivity contribution in [2.75, 3.05) is 5.32 Å². The van der Waals surface area contributed by atoms with Gasteiger partial charge in [0.25, 0.3) is 0 Å². The van der Waals surface area contributed by atoms with Gasteiger partial charge < -0.3 is 9.88 Å². The van der Waals surface area contributed by atoms with Gasteiger partial charge in [0.1, 0.15) is 0 Å². The third-order valence-electron chi connectivity index (χ3n) is 4.37. The molecule has 1 amide bonds. The Morgan fingerprint density at radius 1 is 1.13 bits per heavy atom. The van der Waals surface area contributed by atoms with Crippen LogP contribution in [0.3, 0.4) is 0 Å². The fourth-order valence-corrected chi connectivity index (χ4v) is 3.90. The highest BCUT2D eigenvalue weighted by Crippen LogP contribution is 2.33. The summed E-state index contributed by atoms with van der Waals surface area (Å²) in [4.78, 5) is 12.3. The number of aromatic nitrogens is 1. The molecule has 1 aliphatic rings. The van der Waals surface area contributed by atoms with E-state index in [-0.39, 0.29) is 5.91 Å². The van der Waals surface area contributed by atoms with Gasteiger partial charge in [0.05, 0.1) is 3.70 Å². The summed E-state index contributed by atoms with van der Waals surface area (Å²) in [5, 5.41) is 3.09. The SMILES string of the molecule is C/C=C1/CCCn2ccc(c2I)-c2ccccc2NC(=O)CC1. The highest BCUT2D eigenvalue weighted by Gasteiger charge is 2.15. The van der Waals surface area contributed by atoms with Gasteiger partial charge in [0.2, 0.25) is 5.91 Å². The monoisotopic (exact) mass is 420 g/mol. The van der Waals surface area contributed by atoms with Gasteiger partial charge in [0.15, 0.2) is 0 Å². The van der Waals surface area contributed by atoms with Crippen LogP contribution in [-0.4, -0.2) is 10.5 Å². The zero-order valence-corrected chi connectivity index (χ0v) is 15.5. The number of hydrogen-bond acceptors (Lipinski definition) is 1. The second-order valence-corrected chi connectivity index (χ2v) is 6.88. The molecule has 0 atom stereocenters. The molecule has 2 bridgehead atoms. The fourth-order valence-electron chi connectivity index (χ4n) is 3.03. The molecule has 1 aliphatic heterocycles. The third kappa shape index (κ3) is 3.68. The van der Waals surface area contributed by atoms with Crippen LogP contribution in [0.25, 0.3) is 11.1 Å². The molecule has 0 unspecified atom stereocenters. The van der Waals surface area contributed by atoms with E-state index in [9.17, 15) is 4.79 Å². The molecule has 0 radical (unpaired) electrons. The number of nitrogens with zero attached hydrogens (tertiary/aromatic N) is 1. The van der Waals surface area contributed by atoms with Crippen LogP contribution in [0.1, 0.15) is 32.6 Å². The largest absolute Gasteiger partial charge is 0.343 e. The van der Waals surface area contributed by atoms with E-state index >= 15 is 0 Å². The summed E-state index contributed by atoms with van der Waals surface area (Å²) in [5.74, 6) is 0.0884. The summed E-state index contributed by atoms with van der Waals surface area (Å²) in [5.41, 5.74) is 4.55. The maximum absolute atomic E-state index is 12.3. The van der Waals surface area contributed by atoms with Gasteiger partial charge in [-0.15, -0.1) is 0 Å². The second kappa shape index (κ2) is 7.34. The van der Waals surface area contributed by atoms with E-state index < -0.39 is 0 Å². The van der Waals surface area contributed by atoms with Gasteiger partial charge >= 0.3 is 0 Å². The van der Waals surface area contributed by atoms with Crippen LogP contribution in [0.2, 0.25) is 0 Å². The van der Waals surface area contributed by atoms with Crippen LogP contribution in [0.5, 0.6) is 0 Å². The lowest BCUT2D eigenvalue weighted by atomic mass is 10.0. The van der Waals surface area contributed by atoms with Crippen molar-refractivity contribution in [1.29, 1.82) is 0 Å². The predicted octanol–water partition coefficient (Wildman–Crippen LogP) is 5.22. The van der Waals surface area contributed by atoms with Crippen LogP contribution in [0.15, 0.2) is 48.2 Å². The molecular formula is C19H21IN2O. The fraction of sp³-hybridized carbons (Fsp3) is 0.316. The number of rotatable bonds is 0. The lowest BCUT2D eigenvalue weighted by molar-refractivity contribution is -0.116. The first-order valence-corrected chi connectivity index (χ1v) is 9.15. The normalized spacial score (nSPS) is 17.7. The van der Waals surface area contributed by atoms with Crippen molar-refractivity contribution in [2.45, 2.75) is 39.2 Å². The number of nitrogens with one attached hydrogen (secondary N) is 1. The number of hydrogen-bond donors (Lipinski definition) is 1. The number of carbonyl (C=O) groups excluding carboxylic acids is 1. The highest BCUT2D eigenvalue weighted by molar-refractivity contribution is 14.1. The number of halogens is 1. The quantitative estimate of drug-likeness (QED) is 0.460. The van der Waals surface area contributed by atoms with E-state index in [0.29, 0.717) is 6.42 Å². The van der Waals surface area contributed by atoms with Gasteiger partial charge in [-0.1, -0.05) is 29.8 Å². The van der Waals surface area contributed by atoms with E-state index in [1.54, 1.807) is 0 Å². The molecule has 2 aromatic rings. The number of aryl methyl sites for hydroxylation is 1. The Hall–Kier alpha value is -1.56.